The summed E-state index contributed by atoms with van der Waals surface area (Å²) in [5.74, 6) is 0.948. The van der Waals surface area contributed by atoms with Crippen molar-refractivity contribution in [2.45, 2.75) is 6.42 Å². The van der Waals surface area contributed by atoms with Gasteiger partial charge in [-0.05, 0) is 95.9 Å². The molecule has 0 N–H and O–H groups in total. The summed E-state index contributed by atoms with van der Waals surface area (Å²) >= 11 is 0. The average molecular weight is 663 g/mol. The molecule has 11 rings (SSSR count). The van der Waals surface area contributed by atoms with E-state index < -0.39 is 0 Å². The molecule has 0 spiro atoms. The second kappa shape index (κ2) is 11.4. The van der Waals surface area contributed by atoms with E-state index in [0.29, 0.717) is 5.82 Å². The Kier molecular flexibility index (Phi) is 6.34. The zero-order valence-corrected chi connectivity index (χ0v) is 28.2. The minimum Gasteiger partial charge on any atom is -0.244 e. The third kappa shape index (κ3) is 4.41. The Morgan fingerprint density at radius 1 is 0.596 bits per heavy atom. The number of fused-ring (bicyclic) bond motifs is 3. The lowest BCUT2D eigenvalue weighted by Gasteiger charge is -2.36. The molecule has 4 aliphatic carbocycles. The molecular formula is C48H30N4. The van der Waals surface area contributed by atoms with Crippen LogP contribution in [0.4, 0.5) is 0 Å². The van der Waals surface area contributed by atoms with Crippen LogP contribution in [0.5, 0.6) is 0 Å². The molecule has 0 saturated heterocycles. The molecule has 4 nitrogen and oxygen atoms in total. The van der Waals surface area contributed by atoms with E-state index in [4.69, 9.17) is 9.97 Å². The van der Waals surface area contributed by atoms with E-state index >= 15 is 0 Å². The number of nitrogens with zero attached hydrogens (tertiary/aromatic N) is 4. The van der Waals surface area contributed by atoms with Gasteiger partial charge in [-0.25, -0.2) is 19.9 Å². The summed E-state index contributed by atoms with van der Waals surface area (Å²) in [6.45, 7) is 0. The minimum absolute atomic E-state index is 0.250. The Hall–Kier alpha value is -6.78. The highest BCUT2D eigenvalue weighted by atomic mass is 14.9. The first kappa shape index (κ1) is 29.0. The van der Waals surface area contributed by atoms with Gasteiger partial charge in [-0.3, -0.25) is 0 Å². The number of benzene rings is 5. The molecule has 0 aliphatic heterocycles. The summed E-state index contributed by atoms with van der Waals surface area (Å²) < 4.78 is 0. The lowest BCUT2D eigenvalue weighted by Crippen LogP contribution is -2.22. The highest BCUT2D eigenvalue weighted by Gasteiger charge is 2.35. The third-order valence-electron chi connectivity index (χ3n) is 10.9. The van der Waals surface area contributed by atoms with Crippen molar-refractivity contribution in [1.82, 2.24) is 19.9 Å². The predicted octanol–water partition coefficient (Wildman–Crippen LogP) is 11.4. The van der Waals surface area contributed by atoms with Crippen LogP contribution in [0, 0.1) is 5.92 Å². The van der Waals surface area contributed by atoms with Crippen LogP contribution in [-0.2, 0) is 0 Å². The standard InChI is InChI=1S/C48H30N4/c1-3-14-35-31(9-1)23-32-10-2-4-15-36(32)47(35)41-22-21-39(37-16-5-6-17-38(37)41)44-25-43(34-26-49-28-50-27-34)51-48(52-44)42-24-33-13-7-11-29-19-20-30-12-8-18-40(42)46(30)45(29)33/h1-11,13-28,45H,12H2. The molecule has 5 aromatic carbocycles. The van der Waals surface area contributed by atoms with Crippen molar-refractivity contribution in [3.8, 4) is 33.6 Å². The Bertz CT molecular complexity index is 2860. The van der Waals surface area contributed by atoms with Crippen molar-refractivity contribution in [3.63, 3.8) is 0 Å². The Labute approximate surface area is 301 Å². The highest BCUT2D eigenvalue weighted by molar-refractivity contribution is 6.18. The maximum absolute atomic E-state index is 5.43. The molecule has 242 valence electrons. The predicted molar refractivity (Wildman–Crippen MR) is 212 cm³/mol. The summed E-state index contributed by atoms with van der Waals surface area (Å²) in [5, 5.41) is 7.28. The van der Waals surface area contributed by atoms with Crippen molar-refractivity contribution in [2.75, 3.05) is 0 Å². The first-order valence-corrected chi connectivity index (χ1v) is 17.8. The molecule has 0 fully saturated rings. The van der Waals surface area contributed by atoms with Gasteiger partial charge in [0.1, 0.15) is 6.33 Å². The van der Waals surface area contributed by atoms with Crippen LogP contribution in [0.2, 0.25) is 0 Å². The summed E-state index contributed by atoms with van der Waals surface area (Å²) in [6.07, 6.45) is 24.2. The zero-order chi connectivity index (χ0) is 34.2. The topological polar surface area (TPSA) is 51.6 Å². The van der Waals surface area contributed by atoms with E-state index in [1.807, 2.05) is 12.4 Å². The number of hydrogen-bond donors (Lipinski definition) is 0. The first-order valence-electron chi connectivity index (χ1n) is 17.8. The molecule has 2 aromatic heterocycles. The van der Waals surface area contributed by atoms with Crippen LogP contribution in [-0.4, -0.2) is 19.9 Å². The molecular weight excluding hydrogens is 633 g/mol. The third-order valence-corrected chi connectivity index (χ3v) is 10.9. The second-order valence-corrected chi connectivity index (χ2v) is 13.8. The lowest BCUT2D eigenvalue weighted by molar-refractivity contribution is 0.833. The van der Waals surface area contributed by atoms with Gasteiger partial charge in [-0.2, -0.15) is 0 Å². The van der Waals surface area contributed by atoms with Gasteiger partial charge in [0, 0.05) is 35.0 Å². The second-order valence-electron chi connectivity index (χ2n) is 13.8. The molecule has 0 saturated carbocycles. The van der Waals surface area contributed by atoms with Crippen molar-refractivity contribution in [1.29, 1.82) is 0 Å². The van der Waals surface area contributed by atoms with Gasteiger partial charge in [0.2, 0.25) is 0 Å². The van der Waals surface area contributed by atoms with Crippen LogP contribution < -0.4 is 0 Å². The highest BCUT2D eigenvalue weighted by Crippen LogP contribution is 2.50. The van der Waals surface area contributed by atoms with Gasteiger partial charge in [0.15, 0.2) is 5.82 Å². The quantitative estimate of drug-likeness (QED) is 0.176. The molecule has 0 amide bonds. The number of rotatable bonds is 4. The van der Waals surface area contributed by atoms with E-state index in [0.717, 1.165) is 39.9 Å². The molecule has 2 heterocycles. The first-order chi connectivity index (χ1) is 25.8. The van der Waals surface area contributed by atoms with Gasteiger partial charge in [-0.15, -0.1) is 0 Å². The summed E-state index contributed by atoms with van der Waals surface area (Å²) in [4.78, 5) is 19.4. The molecule has 0 radical (unpaired) electrons. The Morgan fingerprint density at radius 3 is 2.08 bits per heavy atom. The van der Waals surface area contributed by atoms with E-state index in [1.165, 1.54) is 65.9 Å². The molecule has 4 aliphatic rings. The van der Waals surface area contributed by atoms with E-state index in [9.17, 15) is 0 Å². The number of hydrogen-bond acceptors (Lipinski definition) is 4. The Morgan fingerprint density at radius 2 is 1.29 bits per heavy atom. The number of aromatic nitrogens is 4. The van der Waals surface area contributed by atoms with Crippen molar-refractivity contribution in [2.24, 2.45) is 5.92 Å². The van der Waals surface area contributed by atoms with Gasteiger partial charge < -0.3 is 0 Å². The van der Waals surface area contributed by atoms with Crippen molar-refractivity contribution in [3.05, 3.63) is 198 Å². The monoisotopic (exact) mass is 662 g/mol. The van der Waals surface area contributed by atoms with Gasteiger partial charge in [0.25, 0.3) is 0 Å². The molecule has 7 aromatic rings. The minimum atomic E-state index is 0.250. The fourth-order valence-electron chi connectivity index (χ4n) is 8.64. The van der Waals surface area contributed by atoms with Crippen LogP contribution in [0.1, 0.15) is 12.2 Å². The number of allylic oxidation sites excluding steroid dienone is 14. The molecule has 52 heavy (non-hydrogen) atoms. The van der Waals surface area contributed by atoms with Crippen LogP contribution in [0.15, 0.2) is 192 Å². The molecule has 0 bridgehead atoms. The van der Waals surface area contributed by atoms with Gasteiger partial charge in [0.05, 0.1) is 11.4 Å². The van der Waals surface area contributed by atoms with E-state index in [-0.39, 0.29) is 5.92 Å². The molecule has 4 heteroatoms. The lowest BCUT2D eigenvalue weighted by atomic mass is 9.67. The Balaban J connectivity index is 1.16. The summed E-state index contributed by atoms with van der Waals surface area (Å²) in [6, 6.07) is 35.1. The van der Waals surface area contributed by atoms with Crippen LogP contribution >= 0.6 is 0 Å². The summed E-state index contributed by atoms with van der Waals surface area (Å²) in [5.41, 5.74) is 13.6. The normalized spacial score (nSPS) is 17.2. The van der Waals surface area contributed by atoms with E-state index in [1.54, 1.807) is 6.33 Å². The van der Waals surface area contributed by atoms with Crippen molar-refractivity contribution >= 4 is 37.9 Å². The van der Waals surface area contributed by atoms with Crippen LogP contribution in [0.3, 0.4) is 0 Å². The molecule has 1 atom stereocenters. The maximum Gasteiger partial charge on any atom is 0.161 e. The van der Waals surface area contributed by atoms with Crippen molar-refractivity contribution < 1.29 is 0 Å². The largest absolute Gasteiger partial charge is 0.244 e. The van der Waals surface area contributed by atoms with E-state index in [2.05, 4.69) is 156 Å². The van der Waals surface area contributed by atoms with Gasteiger partial charge >= 0.3 is 0 Å². The average Bonchev–Trinajstić information content (AvgIpc) is 3.21. The fraction of sp³-hybridized carbons (Fsp3) is 0.0417. The fourth-order valence-corrected chi connectivity index (χ4v) is 8.64. The SMILES string of the molecule is C1=CC2=CC=C3CC=CC4=C3C2C(=C1)C=C4c1nc(-c2cncnc2)cc(-c2ccc(-c3c4ccccc4cc4ccccc34)c3ccccc23)n1. The maximum atomic E-state index is 5.43. The van der Waals surface area contributed by atoms with Crippen LogP contribution in [0.25, 0.3) is 71.5 Å². The summed E-state index contributed by atoms with van der Waals surface area (Å²) in [7, 11) is 0. The smallest absolute Gasteiger partial charge is 0.161 e. The zero-order valence-electron chi connectivity index (χ0n) is 28.2. The van der Waals surface area contributed by atoms with Gasteiger partial charge in [-0.1, -0.05) is 127 Å². The molecule has 1 unspecified atom stereocenters.